The highest BCUT2D eigenvalue weighted by molar-refractivity contribution is 7.92. The third-order valence-electron chi connectivity index (χ3n) is 6.50. The van der Waals surface area contributed by atoms with Gasteiger partial charge in [0.1, 0.15) is 18.5 Å². The van der Waals surface area contributed by atoms with Crippen molar-refractivity contribution in [3.8, 4) is 11.3 Å². The predicted octanol–water partition coefficient (Wildman–Crippen LogP) is 1.66. The Morgan fingerprint density at radius 1 is 1.02 bits per heavy atom. The van der Waals surface area contributed by atoms with Crippen LogP contribution in [-0.4, -0.2) is 124 Å². The number of sulfonamides is 1. The Bertz CT molecular complexity index is 1430. The van der Waals surface area contributed by atoms with E-state index in [1.807, 2.05) is 13.8 Å². The third-order valence-corrected chi connectivity index (χ3v) is 7.66. The molecule has 48 heavy (non-hydrogen) atoms. The number of nitrogens with zero attached hydrogens (tertiary/aromatic N) is 5. The third kappa shape index (κ3) is 14.5. The maximum absolute atomic E-state index is 13.7. The smallest absolute Gasteiger partial charge is 0.308 e. The molecule has 0 saturated heterocycles. The fourth-order valence-corrected chi connectivity index (χ4v) is 4.45. The molecule has 0 radical (unpaired) electrons. The van der Waals surface area contributed by atoms with E-state index in [1.54, 1.807) is 0 Å². The summed E-state index contributed by atoms with van der Waals surface area (Å²) in [6.45, 7) is 2.91. The molecular formula is C28H42FN5O13S. The lowest BCUT2D eigenvalue weighted by Crippen LogP contribution is -2.31. The number of aliphatic hydroxyl groups is 2. The molecule has 18 nitrogen and oxygen atoms in total. The summed E-state index contributed by atoms with van der Waals surface area (Å²) in [7, 11) is -2.42. The number of anilines is 1. The minimum Gasteiger partial charge on any atom is -0.463 e. The second-order valence-electron chi connectivity index (χ2n) is 10.7. The lowest BCUT2D eigenvalue weighted by Gasteiger charge is -2.20. The summed E-state index contributed by atoms with van der Waals surface area (Å²) in [5.41, 5.74) is 1.58. The normalized spacial score (nSPS) is 14.2. The number of hydrogen-bond acceptors (Lipinski definition) is 17. The average molecular weight is 708 g/mol. The molecule has 2 rings (SSSR count). The number of rotatable bonds is 21. The molecule has 3 atom stereocenters. The SMILES string of the molecule is CC(C)c1nc(N(C)S(C)(=O)=O)nc(-c2ccc(F)cc2)c1/C=C/C(O)CC(O)CC(=O)OCC(CCOCCON(O)O)ON(O)O. The highest BCUT2D eigenvalue weighted by atomic mass is 32.2. The van der Waals surface area contributed by atoms with Crippen LogP contribution in [0, 0.1) is 5.82 Å². The van der Waals surface area contributed by atoms with E-state index in [2.05, 4.69) is 14.8 Å². The summed E-state index contributed by atoms with van der Waals surface area (Å²) < 4.78 is 49.3. The molecular weight excluding hydrogens is 665 g/mol. The van der Waals surface area contributed by atoms with Crippen molar-refractivity contribution >= 4 is 28.0 Å². The molecule has 0 bridgehead atoms. The van der Waals surface area contributed by atoms with Crippen LogP contribution in [0.5, 0.6) is 0 Å². The van der Waals surface area contributed by atoms with Crippen molar-refractivity contribution in [1.82, 2.24) is 20.7 Å². The van der Waals surface area contributed by atoms with E-state index < -0.39 is 63.9 Å². The predicted molar refractivity (Wildman–Crippen MR) is 163 cm³/mol. The first kappa shape index (κ1) is 40.9. The van der Waals surface area contributed by atoms with E-state index in [-0.39, 0.29) is 50.2 Å². The minimum atomic E-state index is -3.72. The number of carbonyl (C=O) groups excluding carboxylic acids is 1. The van der Waals surface area contributed by atoms with E-state index in [0.29, 0.717) is 16.8 Å². The second-order valence-corrected chi connectivity index (χ2v) is 12.7. The Morgan fingerprint density at radius 3 is 2.27 bits per heavy atom. The molecule has 6 N–H and O–H groups in total. The van der Waals surface area contributed by atoms with Crippen molar-refractivity contribution in [2.45, 2.75) is 57.3 Å². The van der Waals surface area contributed by atoms with Crippen LogP contribution in [0.4, 0.5) is 10.3 Å². The lowest BCUT2D eigenvalue weighted by molar-refractivity contribution is -0.506. The van der Waals surface area contributed by atoms with Gasteiger partial charge in [0.2, 0.25) is 16.0 Å². The number of esters is 1. The van der Waals surface area contributed by atoms with E-state index in [0.717, 1.165) is 10.6 Å². The molecule has 0 aliphatic carbocycles. The van der Waals surface area contributed by atoms with Crippen molar-refractivity contribution in [3.63, 3.8) is 0 Å². The Labute approximate surface area is 276 Å². The Hall–Kier alpha value is -3.25. The zero-order valence-corrected chi connectivity index (χ0v) is 27.6. The summed E-state index contributed by atoms with van der Waals surface area (Å²) in [5, 5.41) is 54.9. The summed E-state index contributed by atoms with van der Waals surface area (Å²) in [6, 6.07) is 5.37. The molecule has 1 heterocycles. The van der Waals surface area contributed by atoms with Crippen LogP contribution in [0.25, 0.3) is 17.3 Å². The number of carbonyl (C=O) groups is 1. The van der Waals surface area contributed by atoms with Crippen molar-refractivity contribution < 1.29 is 67.8 Å². The minimum absolute atomic E-state index is 0.00639. The van der Waals surface area contributed by atoms with Crippen LogP contribution in [0.15, 0.2) is 30.3 Å². The maximum atomic E-state index is 13.7. The van der Waals surface area contributed by atoms with Gasteiger partial charge in [-0.2, -0.15) is 0 Å². The molecule has 2 aromatic rings. The van der Waals surface area contributed by atoms with E-state index >= 15 is 0 Å². The molecule has 0 spiro atoms. The van der Waals surface area contributed by atoms with Gasteiger partial charge >= 0.3 is 5.97 Å². The second kappa shape index (κ2) is 19.7. The number of benzene rings is 1. The number of aliphatic hydroxyl groups excluding tert-OH is 2. The largest absolute Gasteiger partial charge is 0.463 e. The molecule has 0 amide bonds. The fourth-order valence-electron chi connectivity index (χ4n) is 4.08. The maximum Gasteiger partial charge on any atom is 0.308 e. The summed E-state index contributed by atoms with van der Waals surface area (Å²) in [4.78, 5) is 30.2. The molecule has 0 saturated carbocycles. The summed E-state index contributed by atoms with van der Waals surface area (Å²) in [5.74, 6) is -1.72. The van der Waals surface area contributed by atoms with Gasteiger partial charge in [-0.3, -0.25) is 25.6 Å². The highest BCUT2D eigenvalue weighted by Crippen LogP contribution is 2.31. The quantitative estimate of drug-likeness (QED) is 0.0613. The van der Waals surface area contributed by atoms with Crippen molar-refractivity contribution in [3.05, 3.63) is 47.4 Å². The molecule has 20 heteroatoms. The van der Waals surface area contributed by atoms with Gasteiger partial charge in [-0.05, 0) is 30.2 Å². The molecule has 0 aliphatic rings. The Balaban J connectivity index is 2.10. The van der Waals surface area contributed by atoms with Crippen molar-refractivity contribution in [2.75, 3.05) is 44.0 Å². The topological polar surface area (TPSA) is 245 Å². The first-order valence-corrected chi connectivity index (χ1v) is 16.4. The molecule has 0 aliphatic heterocycles. The lowest BCUT2D eigenvalue weighted by atomic mass is 9.97. The average Bonchev–Trinajstić information content (AvgIpc) is 2.99. The molecule has 1 aromatic carbocycles. The number of halogens is 1. The van der Waals surface area contributed by atoms with Crippen molar-refractivity contribution in [1.29, 1.82) is 0 Å². The molecule has 3 unspecified atom stereocenters. The monoisotopic (exact) mass is 707 g/mol. The Morgan fingerprint density at radius 2 is 1.69 bits per heavy atom. The van der Waals surface area contributed by atoms with Crippen LogP contribution in [-0.2, 0) is 34.0 Å². The molecule has 0 fully saturated rings. The first-order chi connectivity index (χ1) is 22.5. The van der Waals surface area contributed by atoms with Gasteiger partial charge in [-0.25, -0.2) is 36.8 Å². The van der Waals surface area contributed by atoms with E-state index in [9.17, 15) is 27.8 Å². The van der Waals surface area contributed by atoms with Gasteiger partial charge in [0.05, 0.1) is 60.3 Å². The first-order valence-electron chi connectivity index (χ1n) is 14.5. The van der Waals surface area contributed by atoms with E-state index in [4.69, 9.17) is 35.1 Å². The van der Waals surface area contributed by atoms with Gasteiger partial charge in [-0.15, -0.1) is 0 Å². The fraction of sp³-hybridized carbons (Fsp3) is 0.536. The van der Waals surface area contributed by atoms with E-state index in [1.165, 1.54) is 43.5 Å². The van der Waals surface area contributed by atoms with Crippen LogP contribution in [0.2, 0.25) is 0 Å². The zero-order valence-electron chi connectivity index (χ0n) is 26.8. The van der Waals surface area contributed by atoms with Gasteiger partial charge in [0, 0.05) is 37.6 Å². The van der Waals surface area contributed by atoms with Crippen LogP contribution in [0.3, 0.4) is 0 Å². The Kier molecular flexibility index (Phi) is 16.8. The molecule has 270 valence electrons. The number of hydrogen-bond donors (Lipinski definition) is 6. The summed E-state index contributed by atoms with van der Waals surface area (Å²) in [6.07, 6.45) is -0.663. The summed E-state index contributed by atoms with van der Waals surface area (Å²) >= 11 is 0. The van der Waals surface area contributed by atoms with Crippen LogP contribution >= 0.6 is 0 Å². The molecule has 1 aromatic heterocycles. The van der Waals surface area contributed by atoms with Crippen molar-refractivity contribution in [2.24, 2.45) is 0 Å². The standard InChI is InChI=1S/C28H42FN5O13S/c1-18(2)26-24(27(19-5-7-20(29)8-6-19)31-28(30-26)32(3)48(4,42)43)10-9-21(35)15-22(36)16-25(37)45-17-23(47-34(40)41)11-12-44-13-14-46-33(38)39/h5-10,18,21-23,35-36,38-41H,11-17H2,1-4H3/b10-9+. The van der Waals surface area contributed by atoms with Crippen LogP contribution in [0.1, 0.15) is 50.3 Å². The number of aromatic nitrogens is 2. The highest BCUT2D eigenvalue weighted by Gasteiger charge is 2.23. The van der Waals surface area contributed by atoms with Gasteiger partial charge in [-0.1, -0.05) is 26.0 Å². The van der Waals surface area contributed by atoms with Gasteiger partial charge < -0.3 is 19.7 Å². The van der Waals surface area contributed by atoms with Crippen LogP contribution < -0.4 is 4.31 Å². The van der Waals surface area contributed by atoms with Gasteiger partial charge in [0.15, 0.2) is 0 Å². The van der Waals surface area contributed by atoms with Gasteiger partial charge in [0.25, 0.3) is 0 Å². The zero-order chi connectivity index (χ0) is 36.0. The number of ether oxygens (including phenoxy) is 2.